The number of carbonyl (C=O) groups is 1. The first kappa shape index (κ1) is 16.6. The second-order valence-electron chi connectivity index (χ2n) is 6.41. The number of likely N-dealkylation sites (tertiary alicyclic amines) is 1. The number of ether oxygens (including phenoxy) is 1. The average molecular weight is 323 g/mol. The minimum absolute atomic E-state index is 0.210. The highest BCUT2D eigenvalue weighted by Crippen LogP contribution is 2.32. The Hall–Kier alpha value is -2.29. The number of hydrogen-bond donors (Lipinski definition) is 0. The van der Waals surface area contributed by atoms with Crippen LogP contribution in [-0.2, 0) is 11.2 Å². The van der Waals surface area contributed by atoms with Gasteiger partial charge in [0.15, 0.2) is 0 Å². The third-order valence-corrected chi connectivity index (χ3v) is 4.62. The largest absolute Gasteiger partial charge is 0.494 e. The lowest BCUT2D eigenvalue weighted by molar-refractivity contribution is -0.131. The van der Waals surface area contributed by atoms with E-state index in [0.717, 1.165) is 30.7 Å². The lowest BCUT2D eigenvalue weighted by atomic mass is 10.0. The van der Waals surface area contributed by atoms with Crippen LogP contribution in [0.15, 0.2) is 48.5 Å². The molecular formula is C21H25NO2. The Labute approximate surface area is 144 Å². The number of amides is 1. The highest BCUT2D eigenvalue weighted by atomic mass is 16.5. The molecule has 126 valence electrons. The lowest BCUT2D eigenvalue weighted by Gasteiger charge is -2.25. The zero-order valence-corrected chi connectivity index (χ0v) is 14.5. The van der Waals surface area contributed by atoms with Crippen LogP contribution < -0.4 is 4.74 Å². The molecule has 1 saturated heterocycles. The van der Waals surface area contributed by atoms with Crippen LogP contribution >= 0.6 is 0 Å². The highest BCUT2D eigenvalue weighted by Gasteiger charge is 2.29. The molecule has 0 aliphatic carbocycles. The molecule has 1 aliphatic rings. The second kappa shape index (κ2) is 7.52. The van der Waals surface area contributed by atoms with E-state index in [1.807, 2.05) is 36.1 Å². The van der Waals surface area contributed by atoms with Crippen molar-refractivity contribution in [1.82, 2.24) is 4.90 Å². The molecule has 3 heteroatoms. The van der Waals surface area contributed by atoms with Gasteiger partial charge < -0.3 is 9.64 Å². The molecule has 0 N–H and O–H groups in total. The minimum Gasteiger partial charge on any atom is -0.494 e. The van der Waals surface area contributed by atoms with Gasteiger partial charge in [-0.05, 0) is 49.9 Å². The van der Waals surface area contributed by atoms with E-state index < -0.39 is 0 Å². The topological polar surface area (TPSA) is 29.5 Å². The summed E-state index contributed by atoms with van der Waals surface area (Å²) in [6.07, 6.45) is 2.58. The van der Waals surface area contributed by atoms with Gasteiger partial charge in [0.25, 0.3) is 0 Å². The van der Waals surface area contributed by atoms with Gasteiger partial charge >= 0.3 is 0 Å². The number of hydrogen-bond acceptors (Lipinski definition) is 2. The first-order chi connectivity index (χ1) is 11.7. The van der Waals surface area contributed by atoms with Crippen molar-refractivity contribution in [2.75, 3.05) is 13.2 Å². The number of nitrogens with zero attached hydrogens (tertiary/aromatic N) is 1. The van der Waals surface area contributed by atoms with Crippen molar-refractivity contribution in [1.29, 1.82) is 0 Å². The third kappa shape index (κ3) is 3.78. The predicted molar refractivity (Wildman–Crippen MR) is 96.2 cm³/mol. The van der Waals surface area contributed by atoms with E-state index in [0.29, 0.717) is 13.0 Å². The quantitative estimate of drug-likeness (QED) is 0.821. The van der Waals surface area contributed by atoms with E-state index in [9.17, 15) is 4.79 Å². The summed E-state index contributed by atoms with van der Waals surface area (Å²) in [5.74, 6) is 1.06. The van der Waals surface area contributed by atoms with Gasteiger partial charge in [0.05, 0.1) is 19.1 Å². The van der Waals surface area contributed by atoms with Gasteiger partial charge in [0.2, 0.25) is 5.91 Å². The van der Waals surface area contributed by atoms with Crippen molar-refractivity contribution < 1.29 is 9.53 Å². The summed E-state index contributed by atoms with van der Waals surface area (Å²) < 4.78 is 5.45. The monoisotopic (exact) mass is 323 g/mol. The third-order valence-electron chi connectivity index (χ3n) is 4.62. The van der Waals surface area contributed by atoms with Gasteiger partial charge in [0.1, 0.15) is 5.75 Å². The standard InChI is InChI=1S/C21H25NO2/c1-3-24-19-12-8-17(9-13-19)15-21(23)22-14-4-5-20(22)18-10-6-16(2)7-11-18/h6-13,20H,3-5,14-15H2,1-2H3/t20-/m0/s1. The zero-order valence-electron chi connectivity index (χ0n) is 14.5. The molecule has 1 atom stereocenters. The molecule has 0 saturated carbocycles. The molecule has 24 heavy (non-hydrogen) atoms. The second-order valence-corrected chi connectivity index (χ2v) is 6.41. The normalized spacial score (nSPS) is 17.1. The van der Waals surface area contributed by atoms with E-state index in [4.69, 9.17) is 4.74 Å². The molecule has 1 aliphatic heterocycles. The van der Waals surface area contributed by atoms with Crippen LogP contribution in [0, 0.1) is 6.92 Å². The number of benzene rings is 2. The van der Waals surface area contributed by atoms with Gasteiger partial charge in [-0.1, -0.05) is 42.0 Å². The maximum Gasteiger partial charge on any atom is 0.227 e. The maximum atomic E-state index is 12.8. The Bertz CT molecular complexity index is 676. The van der Waals surface area contributed by atoms with Crippen LogP contribution in [0.5, 0.6) is 5.75 Å². The summed E-state index contributed by atoms with van der Waals surface area (Å²) in [4.78, 5) is 14.8. The lowest BCUT2D eigenvalue weighted by Crippen LogP contribution is -2.31. The van der Waals surface area contributed by atoms with E-state index in [-0.39, 0.29) is 11.9 Å². The summed E-state index contributed by atoms with van der Waals surface area (Å²) in [6, 6.07) is 16.6. The first-order valence-corrected chi connectivity index (χ1v) is 8.75. The summed E-state index contributed by atoms with van der Waals surface area (Å²) in [6.45, 7) is 5.57. The summed E-state index contributed by atoms with van der Waals surface area (Å²) in [5, 5.41) is 0. The molecule has 3 rings (SSSR count). The Balaban J connectivity index is 1.68. The van der Waals surface area contributed by atoms with E-state index in [1.54, 1.807) is 0 Å². The molecule has 0 aromatic heterocycles. The molecule has 0 unspecified atom stereocenters. The van der Waals surface area contributed by atoms with Crippen molar-refractivity contribution in [2.45, 2.75) is 39.2 Å². The van der Waals surface area contributed by atoms with Gasteiger partial charge in [-0.25, -0.2) is 0 Å². The Morgan fingerprint density at radius 3 is 2.50 bits per heavy atom. The van der Waals surface area contributed by atoms with Crippen LogP contribution in [0.4, 0.5) is 0 Å². The molecule has 0 bridgehead atoms. The van der Waals surface area contributed by atoms with Crippen LogP contribution in [0.1, 0.15) is 42.5 Å². The average Bonchev–Trinajstić information content (AvgIpc) is 3.07. The van der Waals surface area contributed by atoms with Crippen molar-refractivity contribution in [3.8, 4) is 5.75 Å². The van der Waals surface area contributed by atoms with Crippen LogP contribution in [0.3, 0.4) is 0 Å². The fourth-order valence-electron chi connectivity index (χ4n) is 3.35. The summed E-state index contributed by atoms with van der Waals surface area (Å²) >= 11 is 0. The number of carbonyl (C=O) groups excluding carboxylic acids is 1. The maximum absolute atomic E-state index is 12.8. The molecule has 1 fully saturated rings. The number of rotatable bonds is 5. The number of aryl methyl sites for hydroxylation is 1. The van der Waals surface area contributed by atoms with Gasteiger partial charge in [0, 0.05) is 6.54 Å². The van der Waals surface area contributed by atoms with Gasteiger partial charge in [-0.2, -0.15) is 0 Å². The molecule has 2 aromatic rings. The highest BCUT2D eigenvalue weighted by molar-refractivity contribution is 5.79. The van der Waals surface area contributed by atoms with Crippen molar-refractivity contribution in [3.05, 3.63) is 65.2 Å². The smallest absolute Gasteiger partial charge is 0.227 e. The zero-order chi connectivity index (χ0) is 16.9. The fraction of sp³-hybridized carbons (Fsp3) is 0.381. The van der Waals surface area contributed by atoms with Crippen molar-refractivity contribution >= 4 is 5.91 Å². The molecule has 0 radical (unpaired) electrons. The minimum atomic E-state index is 0.210. The van der Waals surface area contributed by atoms with Crippen LogP contribution in [0.25, 0.3) is 0 Å². The predicted octanol–water partition coefficient (Wildman–Crippen LogP) is 4.30. The molecule has 1 amide bonds. The Kier molecular flexibility index (Phi) is 5.19. The van der Waals surface area contributed by atoms with Crippen molar-refractivity contribution in [3.63, 3.8) is 0 Å². The van der Waals surface area contributed by atoms with E-state index in [1.165, 1.54) is 11.1 Å². The first-order valence-electron chi connectivity index (χ1n) is 8.75. The molecule has 0 spiro atoms. The van der Waals surface area contributed by atoms with Crippen LogP contribution in [0.2, 0.25) is 0 Å². The Morgan fingerprint density at radius 2 is 1.83 bits per heavy atom. The van der Waals surface area contributed by atoms with Gasteiger partial charge in [-0.15, -0.1) is 0 Å². The molecule has 2 aromatic carbocycles. The molecule has 3 nitrogen and oxygen atoms in total. The summed E-state index contributed by atoms with van der Waals surface area (Å²) in [5.41, 5.74) is 3.54. The van der Waals surface area contributed by atoms with Gasteiger partial charge in [-0.3, -0.25) is 4.79 Å². The molecular weight excluding hydrogens is 298 g/mol. The van der Waals surface area contributed by atoms with Crippen LogP contribution in [-0.4, -0.2) is 24.0 Å². The van der Waals surface area contributed by atoms with Crippen molar-refractivity contribution in [2.24, 2.45) is 0 Å². The fourth-order valence-corrected chi connectivity index (χ4v) is 3.35. The summed E-state index contributed by atoms with van der Waals surface area (Å²) in [7, 11) is 0. The van der Waals surface area contributed by atoms with E-state index >= 15 is 0 Å². The SMILES string of the molecule is CCOc1ccc(CC(=O)N2CCC[C@H]2c2ccc(C)cc2)cc1. The Morgan fingerprint density at radius 1 is 1.12 bits per heavy atom. The van der Waals surface area contributed by atoms with E-state index in [2.05, 4.69) is 31.2 Å². The molecule has 1 heterocycles.